The fraction of sp³-hybridized carbons (Fsp3) is 0.250. The lowest BCUT2D eigenvalue weighted by Gasteiger charge is -1.77. The zero-order valence-electron chi connectivity index (χ0n) is 5.71. The Balaban J connectivity index is 2.35. The van der Waals surface area contributed by atoms with E-state index >= 15 is 0 Å². The molecule has 0 radical (unpaired) electrons. The molecule has 2 rings (SSSR count). The van der Waals surface area contributed by atoms with Crippen molar-refractivity contribution in [3.63, 3.8) is 0 Å². The monoisotopic (exact) mass is 169 g/mol. The van der Waals surface area contributed by atoms with Crippen molar-refractivity contribution in [2.24, 2.45) is 0 Å². The van der Waals surface area contributed by atoms with Gasteiger partial charge in [-0.1, -0.05) is 10.3 Å². The Bertz CT molecular complexity index is 354. The number of hydrogen-bond acceptors (Lipinski definition) is 8. The maximum Gasteiger partial charge on any atom is 0.319 e. The van der Waals surface area contributed by atoms with E-state index in [4.69, 9.17) is 5.11 Å². The van der Waals surface area contributed by atoms with Crippen LogP contribution in [0.4, 0.5) is 0 Å². The van der Waals surface area contributed by atoms with Gasteiger partial charge in [0, 0.05) is 0 Å². The predicted octanol–water partition coefficient (Wildman–Crippen LogP) is -0.993. The molecule has 8 heteroatoms. The van der Waals surface area contributed by atoms with Crippen LogP contribution >= 0.6 is 0 Å². The Morgan fingerprint density at radius 2 is 2.25 bits per heavy atom. The Morgan fingerprint density at radius 1 is 1.33 bits per heavy atom. The Labute approximate surface area is 65.2 Å². The smallest absolute Gasteiger partial charge is 0.319 e. The summed E-state index contributed by atoms with van der Waals surface area (Å²) in [5, 5.41) is 21.8. The van der Waals surface area contributed by atoms with Gasteiger partial charge in [-0.2, -0.15) is 4.98 Å². The fourth-order valence-corrected chi connectivity index (χ4v) is 0.626. The number of hydrogen-bond donors (Lipinski definition) is 1. The Hall–Kier alpha value is -1.83. The molecule has 0 unspecified atom stereocenters. The lowest BCUT2D eigenvalue weighted by molar-refractivity contribution is 0.222. The van der Waals surface area contributed by atoms with Crippen LogP contribution in [0.3, 0.4) is 0 Å². The van der Waals surface area contributed by atoms with Gasteiger partial charge in [0.1, 0.15) is 6.61 Å². The number of rotatable bonds is 2. The highest BCUT2D eigenvalue weighted by atomic mass is 16.5. The van der Waals surface area contributed by atoms with Crippen LogP contribution in [-0.4, -0.2) is 30.8 Å². The molecule has 0 saturated carbocycles. The zero-order valence-corrected chi connectivity index (χ0v) is 5.71. The van der Waals surface area contributed by atoms with E-state index in [1.165, 1.54) is 0 Å². The van der Waals surface area contributed by atoms with Gasteiger partial charge < -0.3 is 14.2 Å². The second-order valence-electron chi connectivity index (χ2n) is 1.84. The first-order valence-corrected chi connectivity index (χ1v) is 2.99. The molecule has 0 aliphatic rings. The van der Waals surface area contributed by atoms with E-state index in [0.717, 1.165) is 0 Å². The molecular weight excluding hydrogens is 166 g/mol. The van der Waals surface area contributed by atoms with Crippen LogP contribution in [-0.2, 0) is 6.61 Å². The second-order valence-corrected chi connectivity index (χ2v) is 1.84. The molecule has 2 aromatic heterocycles. The quantitative estimate of drug-likeness (QED) is 0.609. The summed E-state index contributed by atoms with van der Waals surface area (Å²) < 4.78 is 9.11. The van der Waals surface area contributed by atoms with Crippen molar-refractivity contribution in [1.29, 1.82) is 0 Å². The number of aliphatic hydroxyl groups excluding tert-OH is 1. The van der Waals surface area contributed by atoms with Crippen molar-refractivity contribution < 1.29 is 14.2 Å². The lowest BCUT2D eigenvalue weighted by atomic mass is 10.6. The molecule has 0 aromatic carbocycles. The molecule has 0 spiro atoms. The molecule has 2 aromatic rings. The van der Waals surface area contributed by atoms with E-state index in [1.807, 2.05) is 0 Å². The summed E-state index contributed by atoms with van der Waals surface area (Å²) in [6, 6.07) is 0. The molecule has 1 N–H and O–H groups in total. The molecule has 0 saturated heterocycles. The molecule has 0 aliphatic carbocycles. The standard InChI is InChI=1S/C4H3N5O3/c10-1-2-5-3(7-11-2)4-6-8-9-12-4/h10H,1H2. The van der Waals surface area contributed by atoms with Gasteiger partial charge in [-0.05, 0) is 5.21 Å². The molecule has 0 fully saturated rings. The average Bonchev–Trinajstić information content (AvgIpc) is 2.75. The van der Waals surface area contributed by atoms with E-state index in [-0.39, 0.29) is 24.2 Å². The Kier molecular flexibility index (Phi) is 1.52. The molecule has 2 heterocycles. The van der Waals surface area contributed by atoms with Gasteiger partial charge in [0.25, 0.3) is 11.7 Å². The first-order valence-electron chi connectivity index (χ1n) is 2.99. The lowest BCUT2D eigenvalue weighted by Crippen LogP contribution is -1.83. The zero-order chi connectivity index (χ0) is 8.39. The highest BCUT2D eigenvalue weighted by Crippen LogP contribution is 2.09. The molecule has 12 heavy (non-hydrogen) atoms. The SMILES string of the molecule is OCc1nc(-c2nnno2)no1. The minimum absolute atomic E-state index is 0.0541. The summed E-state index contributed by atoms with van der Waals surface area (Å²) >= 11 is 0. The van der Waals surface area contributed by atoms with Crippen LogP contribution in [0.1, 0.15) is 5.89 Å². The number of aromatic nitrogens is 5. The van der Waals surface area contributed by atoms with Crippen molar-refractivity contribution >= 4 is 0 Å². The van der Waals surface area contributed by atoms with Gasteiger partial charge >= 0.3 is 5.89 Å². The molecule has 8 nitrogen and oxygen atoms in total. The summed E-state index contributed by atoms with van der Waals surface area (Å²) in [5.41, 5.74) is 0. The van der Waals surface area contributed by atoms with Gasteiger partial charge in [0.15, 0.2) is 0 Å². The minimum Gasteiger partial charge on any atom is -0.387 e. The number of aliphatic hydroxyl groups is 1. The van der Waals surface area contributed by atoms with Crippen molar-refractivity contribution in [2.45, 2.75) is 6.61 Å². The topological polar surface area (TPSA) is 111 Å². The maximum absolute atomic E-state index is 8.57. The Morgan fingerprint density at radius 3 is 2.83 bits per heavy atom. The van der Waals surface area contributed by atoms with E-state index in [9.17, 15) is 0 Å². The van der Waals surface area contributed by atoms with Crippen LogP contribution in [0.15, 0.2) is 9.05 Å². The summed E-state index contributed by atoms with van der Waals surface area (Å²) in [5.74, 6) is 0.255. The summed E-state index contributed by atoms with van der Waals surface area (Å²) in [6.45, 7) is -0.325. The van der Waals surface area contributed by atoms with Crippen molar-refractivity contribution in [3.8, 4) is 11.7 Å². The minimum atomic E-state index is -0.325. The molecule has 62 valence electrons. The van der Waals surface area contributed by atoms with Gasteiger partial charge in [0.2, 0.25) is 0 Å². The number of nitrogens with zero attached hydrogens (tertiary/aromatic N) is 5. The summed E-state index contributed by atoms with van der Waals surface area (Å²) in [4.78, 5) is 3.71. The van der Waals surface area contributed by atoms with Crippen molar-refractivity contribution in [1.82, 2.24) is 25.7 Å². The third-order valence-corrected chi connectivity index (χ3v) is 1.09. The van der Waals surface area contributed by atoms with E-state index in [2.05, 4.69) is 34.8 Å². The second kappa shape index (κ2) is 2.66. The van der Waals surface area contributed by atoms with Crippen LogP contribution < -0.4 is 0 Å². The third kappa shape index (κ3) is 1.03. The van der Waals surface area contributed by atoms with Crippen LogP contribution in [0, 0.1) is 0 Å². The predicted molar refractivity (Wildman–Crippen MR) is 31.3 cm³/mol. The normalized spacial score (nSPS) is 10.4. The van der Waals surface area contributed by atoms with Crippen LogP contribution in [0.5, 0.6) is 0 Å². The first-order chi connectivity index (χ1) is 5.90. The highest BCUT2D eigenvalue weighted by molar-refractivity contribution is 5.35. The van der Waals surface area contributed by atoms with Crippen molar-refractivity contribution in [3.05, 3.63) is 5.89 Å². The van der Waals surface area contributed by atoms with Gasteiger partial charge in [-0.25, -0.2) is 0 Å². The molecular formula is C4H3N5O3. The maximum atomic E-state index is 8.57. The average molecular weight is 169 g/mol. The highest BCUT2D eigenvalue weighted by Gasteiger charge is 2.12. The van der Waals surface area contributed by atoms with Gasteiger partial charge in [-0.3, -0.25) is 0 Å². The van der Waals surface area contributed by atoms with E-state index in [0.29, 0.717) is 0 Å². The molecule has 0 bridgehead atoms. The van der Waals surface area contributed by atoms with Crippen LogP contribution in [0.25, 0.3) is 11.7 Å². The fourth-order valence-electron chi connectivity index (χ4n) is 0.626. The first kappa shape index (κ1) is 6.85. The molecule has 0 aliphatic heterocycles. The third-order valence-electron chi connectivity index (χ3n) is 1.09. The van der Waals surface area contributed by atoms with E-state index in [1.54, 1.807) is 0 Å². The van der Waals surface area contributed by atoms with Crippen LogP contribution in [0.2, 0.25) is 0 Å². The largest absolute Gasteiger partial charge is 0.387 e. The van der Waals surface area contributed by atoms with Crippen molar-refractivity contribution in [2.75, 3.05) is 0 Å². The summed E-state index contributed by atoms with van der Waals surface area (Å²) in [7, 11) is 0. The van der Waals surface area contributed by atoms with E-state index < -0.39 is 0 Å². The molecule has 0 atom stereocenters. The van der Waals surface area contributed by atoms with Gasteiger partial charge in [0.05, 0.1) is 5.27 Å². The van der Waals surface area contributed by atoms with Gasteiger partial charge in [-0.15, -0.1) is 0 Å². The summed E-state index contributed by atoms with van der Waals surface area (Å²) in [6.07, 6.45) is 0. The molecule has 0 amide bonds.